The summed E-state index contributed by atoms with van der Waals surface area (Å²) in [5.41, 5.74) is 1.39. The Bertz CT molecular complexity index is 1020. The Balaban J connectivity index is 2.06. The molecule has 1 N–H and O–H groups in total. The third kappa shape index (κ3) is 3.86. The summed E-state index contributed by atoms with van der Waals surface area (Å²) in [6, 6.07) is 7.67. The molecule has 2 heterocycles. The van der Waals surface area contributed by atoms with Gasteiger partial charge in [0.25, 0.3) is 11.5 Å². The van der Waals surface area contributed by atoms with E-state index in [4.69, 9.17) is 0 Å². The molecule has 0 bridgehead atoms. The molecule has 0 radical (unpaired) electrons. The van der Waals surface area contributed by atoms with Crippen molar-refractivity contribution >= 4 is 22.7 Å². The lowest BCUT2D eigenvalue weighted by Crippen LogP contribution is -2.35. The van der Waals surface area contributed by atoms with E-state index >= 15 is 0 Å². The van der Waals surface area contributed by atoms with Crippen LogP contribution in [-0.4, -0.2) is 77.5 Å². The molecule has 3 rings (SSSR count). The maximum atomic E-state index is 13.1. The highest BCUT2D eigenvalue weighted by Crippen LogP contribution is 2.18. The van der Waals surface area contributed by atoms with Crippen molar-refractivity contribution in [3.8, 4) is 0 Å². The molecule has 8 heteroatoms. The lowest BCUT2D eigenvalue weighted by atomic mass is 10.3. The normalized spacial score (nSPS) is 11.8. The van der Waals surface area contributed by atoms with Crippen LogP contribution >= 0.6 is 0 Å². The number of nitrogens with zero attached hydrogens (tertiary/aromatic N) is 5. The first-order chi connectivity index (χ1) is 12.9. The summed E-state index contributed by atoms with van der Waals surface area (Å²) in [4.78, 5) is 34.0. The van der Waals surface area contributed by atoms with Gasteiger partial charge in [-0.25, -0.2) is 9.38 Å². The molecule has 0 saturated heterocycles. The first-order valence-corrected chi connectivity index (χ1v) is 8.97. The summed E-state index contributed by atoms with van der Waals surface area (Å²) in [6.45, 7) is 2.69. The van der Waals surface area contributed by atoms with E-state index in [1.807, 2.05) is 61.9 Å². The number of carbonyl (C=O) groups is 1. The van der Waals surface area contributed by atoms with Crippen molar-refractivity contribution in [3.63, 3.8) is 0 Å². The molecule has 0 aliphatic heterocycles. The lowest BCUT2D eigenvalue weighted by Gasteiger charge is -2.11. The van der Waals surface area contributed by atoms with Gasteiger partial charge in [0.15, 0.2) is 0 Å². The zero-order valence-corrected chi connectivity index (χ0v) is 16.3. The molecule has 144 valence electrons. The van der Waals surface area contributed by atoms with Gasteiger partial charge in [-0.1, -0.05) is 12.1 Å². The number of hydrogen-bond acceptors (Lipinski definition) is 5. The van der Waals surface area contributed by atoms with Crippen LogP contribution in [0.1, 0.15) is 10.4 Å². The zero-order chi connectivity index (χ0) is 19.6. The van der Waals surface area contributed by atoms with Crippen LogP contribution in [0.3, 0.4) is 0 Å². The third-order valence-electron chi connectivity index (χ3n) is 4.46. The number of nitrogens with one attached hydrogen (secondary N) is 1. The standard InChI is InChI=1S/C19H26N6O2/c1-22(2)10-9-20-17(26)14-13-21-19-24(12-11-23(3)4)15-7-5-6-8-16(15)25(19)18(14)27/h5-8,13H,9-12H2,1-4H3,(H,20,26). The fourth-order valence-electron chi connectivity index (χ4n) is 3.01. The van der Waals surface area contributed by atoms with E-state index in [0.717, 1.165) is 17.6 Å². The van der Waals surface area contributed by atoms with Gasteiger partial charge in [0, 0.05) is 32.4 Å². The van der Waals surface area contributed by atoms with Crippen LogP contribution in [0.25, 0.3) is 16.8 Å². The molecule has 1 aromatic carbocycles. The molecule has 0 aliphatic rings. The van der Waals surface area contributed by atoms with Crippen molar-refractivity contribution in [2.24, 2.45) is 0 Å². The molecule has 1 amide bonds. The van der Waals surface area contributed by atoms with E-state index < -0.39 is 5.91 Å². The van der Waals surface area contributed by atoms with Crippen LogP contribution in [0.15, 0.2) is 35.3 Å². The van der Waals surface area contributed by atoms with E-state index in [-0.39, 0.29) is 11.1 Å². The van der Waals surface area contributed by atoms with E-state index in [1.165, 1.54) is 10.6 Å². The van der Waals surface area contributed by atoms with Gasteiger partial charge in [0.05, 0.1) is 11.0 Å². The molecule has 8 nitrogen and oxygen atoms in total. The second-order valence-corrected chi connectivity index (χ2v) is 7.12. The Kier molecular flexibility index (Phi) is 5.57. The SMILES string of the molecule is CN(C)CCNC(=O)c1cnc2n(CCN(C)C)c3ccccc3n2c1=O. The number of rotatable bonds is 7. The molecule has 0 aliphatic carbocycles. The highest BCUT2D eigenvalue weighted by Gasteiger charge is 2.18. The number of amides is 1. The number of aromatic nitrogens is 3. The van der Waals surface area contributed by atoms with E-state index in [0.29, 0.717) is 25.4 Å². The first-order valence-electron chi connectivity index (χ1n) is 8.97. The van der Waals surface area contributed by atoms with E-state index in [2.05, 4.69) is 15.2 Å². The summed E-state index contributed by atoms with van der Waals surface area (Å²) in [7, 11) is 7.86. The number of imidazole rings is 1. The molecule has 2 aromatic heterocycles. The van der Waals surface area contributed by atoms with Gasteiger partial charge in [-0.05, 0) is 40.3 Å². The highest BCUT2D eigenvalue weighted by molar-refractivity contribution is 5.94. The molecule has 0 spiro atoms. The first kappa shape index (κ1) is 19.1. The average molecular weight is 370 g/mol. The van der Waals surface area contributed by atoms with Crippen LogP contribution in [-0.2, 0) is 6.54 Å². The fourth-order valence-corrected chi connectivity index (χ4v) is 3.01. The van der Waals surface area contributed by atoms with Crippen molar-refractivity contribution < 1.29 is 4.79 Å². The maximum Gasteiger partial charge on any atom is 0.272 e. The Morgan fingerprint density at radius 2 is 1.74 bits per heavy atom. The van der Waals surface area contributed by atoms with Crippen LogP contribution < -0.4 is 10.9 Å². The Morgan fingerprint density at radius 3 is 2.41 bits per heavy atom. The van der Waals surface area contributed by atoms with Gasteiger partial charge in [-0.15, -0.1) is 0 Å². The summed E-state index contributed by atoms with van der Waals surface area (Å²) in [5.74, 6) is 0.154. The number of hydrogen-bond donors (Lipinski definition) is 1. The number of benzene rings is 1. The zero-order valence-electron chi connectivity index (χ0n) is 16.3. The predicted octanol–water partition coefficient (Wildman–Crippen LogP) is 0.502. The highest BCUT2D eigenvalue weighted by atomic mass is 16.2. The molecule has 3 aromatic rings. The van der Waals surface area contributed by atoms with Gasteiger partial charge in [0.2, 0.25) is 5.78 Å². The second-order valence-electron chi connectivity index (χ2n) is 7.12. The topological polar surface area (TPSA) is 74.9 Å². The average Bonchev–Trinajstić information content (AvgIpc) is 2.94. The molecule has 0 atom stereocenters. The Morgan fingerprint density at radius 1 is 1.07 bits per heavy atom. The van der Waals surface area contributed by atoms with E-state index in [1.54, 1.807) is 0 Å². The minimum Gasteiger partial charge on any atom is -0.351 e. The van der Waals surface area contributed by atoms with Crippen LogP contribution in [0, 0.1) is 0 Å². The fraction of sp³-hybridized carbons (Fsp3) is 0.421. The van der Waals surface area contributed by atoms with Gasteiger partial charge in [-0.2, -0.15) is 0 Å². The molecule has 0 unspecified atom stereocenters. The third-order valence-corrected chi connectivity index (χ3v) is 4.46. The Labute approximate surface area is 158 Å². The Hall–Kier alpha value is -2.71. The van der Waals surface area contributed by atoms with Crippen LogP contribution in [0.5, 0.6) is 0 Å². The van der Waals surface area contributed by atoms with Crippen LogP contribution in [0.4, 0.5) is 0 Å². The minimum atomic E-state index is -0.395. The molecular formula is C19H26N6O2. The lowest BCUT2D eigenvalue weighted by molar-refractivity contribution is 0.0949. The molecule has 0 fully saturated rings. The number of para-hydroxylation sites is 2. The monoisotopic (exact) mass is 370 g/mol. The van der Waals surface area contributed by atoms with Crippen molar-refractivity contribution in [1.29, 1.82) is 0 Å². The molecular weight excluding hydrogens is 344 g/mol. The van der Waals surface area contributed by atoms with Gasteiger partial charge < -0.3 is 19.7 Å². The summed E-state index contributed by atoms with van der Waals surface area (Å²) < 4.78 is 3.55. The predicted molar refractivity (Wildman–Crippen MR) is 106 cm³/mol. The second kappa shape index (κ2) is 7.89. The van der Waals surface area contributed by atoms with E-state index in [9.17, 15) is 9.59 Å². The largest absolute Gasteiger partial charge is 0.351 e. The van der Waals surface area contributed by atoms with Gasteiger partial charge in [-0.3, -0.25) is 9.59 Å². The van der Waals surface area contributed by atoms with Crippen molar-refractivity contribution in [3.05, 3.63) is 46.4 Å². The summed E-state index contributed by atoms with van der Waals surface area (Å²) in [6.07, 6.45) is 1.38. The van der Waals surface area contributed by atoms with Crippen molar-refractivity contribution in [2.45, 2.75) is 6.54 Å². The summed E-state index contributed by atoms with van der Waals surface area (Å²) >= 11 is 0. The summed E-state index contributed by atoms with van der Waals surface area (Å²) in [5, 5.41) is 2.78. The number of carbonyl (C=O) groups excluding carboxylic acids is 1. The number of likely N-dealkylation sites (N-methyl/N-ethyl adjacent to an activating group) is 2. The quantitative estimate of drug-likeness (QED) is 0.656. The van der Waals surface area contributed by atoms with Crippen molar-refractivity contribution in [2.75, 3.05) is 47.8 Å². The molecule has 0 saturated carbocycles. The minimum absolute atomic E-state index is 0.0572. The maximum absolute atomic E-state index is 13.1. The van der Waals surface area contributed by atoms with Gasteiger partial charge in [0.1, 0.15) is 5.56 Å². The smallest absolute Gasteiger partial charge is 0.272 e. The van der Waals surface area contributed by atoms with Crippen molar-refractivity contribution in [1.82, 2.24) is 29.1 Å². The number of fused-ring (bicyclic) bond motifs is 3. The van der Waals surface area contributed by atoms with Gasteiger partial charge >= 0.3 is 0 Å². The molecule has 27 heavy (non-hydrogen) atoms. The van der Waals surface area contributed by atoms with Crippen LogP contribution in [0.2, 0.25) is 0 Å².